The summed E-state index contributed by atoms with van der Waals surface area (Å²) in [6, 6.07) is 11.0. The zero-order valence-corrected chi connectivity index (χ0v) is 21.2. The molecule has 0 aliphatic heterocycles. The van der Waals surface area contributed by atoms with Gasteiger partial charge in [-0.3, -0.25) is 0 Å². The van der Waals surface area contributed by atoms with Crippen molar-refractivity contribution in [3.8, 4) is 5.88 Å². The van der Waals surface area contributed by atoms with Crippen LogP contribution in [0.1, 0.15) is 47.2 Å². The molecule has 0 saturated heterocycles. The van der Waals surface area contributed by atoms with E-state index in [9.17, 15) is 13.6 Å². The standard InChI is InChI=1S/C29H33F2N3O3/c1-36-27-14-12-23-24(29(35)37-2)11-7-20(28(23)34-27)17-26(32)18-5-9-22(10-6-18)33-15-3-4-19-16-21(30)8-13-25(19)31/h3-4,7-8,11-14,16,18,22,26,33H,5-6,9-10,15,17,32H2,1-2H3/b4-3+/t18-,22-,26?. The Bertz CT molecular complexity index is 1270. The van der Waals surface area contributed by atoms with Crippen LogP contribution in [0.3, 0.4) is 0 Å². The number of methoxy groups -OCH3 is 2. The van der Waals surface area contributed by atoms with Gasteiger partial charge < -0.3 is 20.5 Å². The average molecular weight is 510 g/mol. The van der Waals surface area contributed by atoms with Gasteiger partial charge in [-0.05, 0) is 73.9 Å². The fourth-order valence-electron chi connectivity index (χ4n) is 5.06. The fraction of sp³-hybridized carbons (Fsp3) is 0.379. The van der Waals surface area contributed by atoms with E-state index in [0.29, 0.717) is 41.9 Å². The second-order valence-corrected chi connectivity index (χ2v) is 9.47. The van der Waals surface area contributed by atoms with Crippen LogP contribution in [0.15, 0.2) is 48.5 Å². The smallest absolute Gasteiger partial charge is 0.338 e. The molecule has 1 unspecified atom stereocenters. The first kappa shape index (κ1) is 26.7. The highest BCUT2D eigenvalue weighted by atomic mass is 19.1. The van der Waals surface area contributed by atoms with Crippen LogP contribution in [0.2, 0.25) is 0 Å². The molecule has 1 aliphatic rings. The van der Waals surface area contributed by atoms with Crippen molar-refractivity contribution >= 4 is 22.9 Å². The molecule has 196 valence electrons. The van der Waals surface area contributed by atoms with E-state index >= 15 is 0 Å². The Balaban J connectivity index is 1.34. The van der Waals surface area contributed by atoms with Crippen LogP contribution in [-0.2, 0) is 11.2 Å². The summed E-state index contributed by atoms with van der Waals surface area (Å²) in [6.07, 6.45) is 8.05. The first-order valence-corrected chi connectivity index (χ1v) is 12.5. The van der Waals surface area contributed by atoms with E-state index in [1.807, 2.05) is 18.2 Å². The van der Waals surface area contributed by atoms with Gasteiger partial charge in [-0.1, -0.05) is 18.2 Å². The van der Waals surface area contributed by atoms with E-state index in [2.05, 4.69) is 10.3 Å². The molecule has 0 radical (unpaired) electrons. The van der Waals surface area contributed by atoms with Crippen LogP contribution in [0, 0.1) is 17.6 Å². The first-order valence-electron chi connectivity index (χ1n) is 12.5. The summed E-state index contributed by atoms with van der Waals surface area (Å²) < 4.78 is 37.3. The Kier molecular flexibility index (Phi) is 8.84. The van der Waals surface area contributed by atoms with Crippen LogP contribution >= 0.6 is 0 Å². The van der Waals surface area contributed by atoms with Crippen molar-refractivity contribution in [2.45, 2.75) is 44.2 Å². The molecule has 1 aromatic heterocycles. The first-order chi connectivity index (χ1) is 17.9. The number of hydrogen-bond acceptors (Lipinski definition) is 6. The quantitative estimate of drug-likeness (QED) is 0.393. The molecule has 0 amide bonds. The number of benzene rings is 2. The molecule has 1 atom stereocenters. The van der Waals surface area contributed by atoms with Gasteiger partial charge in [0.2, 0.25) is 5.88 Å². The van der Waals surface area contributed by atoms with Gasteiger partial charge in [0.25, 0.3) is 0 Å². The van der Waals surface area contributed by atoms with Crippen LogP contribution in [0.4, 0.5) is 8.78 Å². The maximum atomic E-state index is 13.7. The number of ether oxygens (including phenoxy) is 2. The number of rotatable bonds is 9. The second kappa shape index (κ2) is 12.3. The van der Waals surface area contributed by atoms with Crippen molar-refractivity contribution in [2.75, 3.05) is 20.8 Å². The van der Waals surface area contributed by atoms with Crippen LogP contribution in [0.25, 0.3) is 17.0 Å². The summed E-state index contributed by atoms with van der Waals surface area (Å²) in [7, 11) is 2.92. The second-order valence-electron chi connectivity index (χ2n) is 9.47. The number of nitrogens with zero attached hydrogens (tertiary/aromatic N) is 1. The summed E-state index contributed by atoms with van der Waals surface area (Å²) in [5.41, 5.74) is 9.06. The highest BCUT2D eigenvalue weighted by molar-refractivity contribution is 6.04. The van der Waals surface area contributed by atoms with Gasteiger partial charge in [0.05, 0.1) is 25.3 Å². The van der Waals surface area contributed by atoms with E-state index in [4.69, 9.17) is 15.2 Å². The van der Waals surface area contributed by atoms with Gasteiger partial charge in [-0.2, -0.15) is 0 Å². The molecule has 1 heterocycles. The van der Waals surface area contributed by atoms with E-state index in [1.54, 1.807) is 25.3 Å². The molecule has 3 N–H and O–H groups in total. The normalized spacial score (nSPS) is 18.7. The van der Waals surface area contributed by atoms with Gasteiger partial charge in [-0.15, -0.1) is 0 Å². The number of halogens is 2. The number of esters is 1. The molecule has 6 nitrogen and oxygen atoms in total. The van der Waals surface area contributed by atoms with E-state index in [0.717, 1.165) is 48.8 Å². The van der Waals surface area contributed by atoms with Crippen molar-refractivity contribution in [1.82, 2.24) is 10.3 Å². The number of nitrogens with two attached hydrogens (primary N) is 1. The van der Waals surface area contributed by atoms with Gasteiger partial charge in [0.15, 0.2) is 0 Å². The third-order valence-corrected chi connectivity index (χ3v) is 7.14. The zero-order valence-electron chi connectivity index (χ0n) is 21.2. The van der Waals surface area contributed by atoms with Crippen molar-refractivity contribution < 1.29 is 23.0 Å². The largest absolute Gasteiger partial charge is 0.481 e. The minimum absolute atomic E-state index is 0.0445. The minimum atomic E-state index is -0.453. The Labute approximate surface area is 215 Å². The average Bonchev–Trinajstić information content (AvgIpc) is 2.92. The van der Waals surface area contributed by atoms with Crippen molar-refractivity contribution in [2.24, 2.45) is 11.7 Å². The van der Waals surface area contributed by atoms with Gasteiger partial charge in [0.1, 0.15) is 11.6 Å². The van der Waals surface area contributed by atoms with Gasteiger partial charge >= 0.3 is 5.97 Å². The van der Waals surface area contributed by atoms with Gasteiger partial charge in [-0.25, -0.2) is 18.6 Å². The number of nitrogens with one attached hydrogen (secondary N) is 1. The monoisotopic (exact) mass is 509 g/mol. The molecule has 4 rings (SSSR count). The van der Waals surface area contributed by atoms with E-state index in [-0.39, 0.29) is 11.6 Å². The highest BCUT2D eigenvalue weighted by Gasteiger charge is 2.26. The number of carbonyl (C=O) groups is 1. The minimum Gasteiger partial charge on any atom is -0.481 e. The van der Waals surface area contributed by atoms with Crippen molar-refractivity contribution in [3.05, 3.63) is 76.9 Å². The molecule has 3 aromatic rings. The van der Waals surface area contributed by atoms with Crippen LogP contribution < -0.4 is 15.8 Å². The van der Waals surface area contributed by atoms with Crippen molar-refractivity contribution in [1.29, 1.82) is 0 Å². The van der Waals surface area contributed by atoms with E-state index in [1.165, 1.54) is 13.2 Å². The number of carbonyl (C=O) groups excluding carboxylic acids is 1. The molecule has 37 heavy (non-hydrogen) atoms. The summed E-state index contributed by atoms with van der Waals surface area (Å²) in [5.74, 6) is -0.449. The molecule has 1 saturated carbocycles. The SMILES string of the molecule is COC(=O)c1ccc(CC(N)[C@H]2CC[C@H](NC/C=C/c3cc(F)ccc3F)CC2)c2nc(OC)ccc12. The maximum absolute atomic E-state index is 13.7. The maximum Gasteiger partial charge on any atom is 0.338 e. The zero-order chi connectivity index (χ0) is 26.4. The van der Waals surface area contributed by atoms with Gasteiger partial charge in [0, 0.05) is 35.6 Å². The summed E-state index contributed by atoms with van der Waals surface area (Å²) >= 11 is 0. The molecule has 2 aromatic carbocycles. The lowest BCUT2D eigenvalue weighted by Gasteiger charge is -2.32. The Morgan fingerprint density at radius 2 is 1.92 bits per heavy atom. The third-order valence-electron chi connectivity index (χ3n) is 7.14. The number of aromatic nitrogens is 1. The van der Waals surface area contributed by atoms with Crippen LogP contribution in [-0.4, -0.2) is 43.8 Å². The number of pyridine rings is 1. The lowest BCUT2D eigenvalue weighted by molar-refractivity contribution is 0.0603. The van der Waals surface area contributed by atoms with E-state index < -0.39 is 17.6 Å². The number of hydrogen-bond donors (Lipinski definition) is 2. The summed E-state index contributed by atoms with van der Waals surface area (Å²) in [6.45, 7) is 0.587. The molecule has 1 fully saturated rings. The fourth-order valence-corrected chi connectivity index (χ4v) is 5.06. The third kappa shape index (κ3) is 6.50. The lowest BCUT2D eigenvalue weighted by Crippen LogP contribution is -2.39. The molecular weight excluding hydrogens is 476 g/mol. The molecule has 0 bridgehead atoms. The van der Waals surface area contributed by atoms with Crippen LogP contribution in [0.5, 0.6) is 5.88 Å². The molecule has 1 aliphatic carbocycles. The Morgan fingerprint density at radius 1 is 1.14 bits per heavy atom. The Hall–Kier alpha value is -3.36. The highest BCUT2D eigenvalue weighted by Crippen LogP contribution is 2.30. The summed E-state index contributed by atoms with van der Waals surface area (Å²) in [4.78, 5) is 16.8. The summed E-state index contributed by atoms with van der Waals surface area (Å²) in [5, 5.41) is 4.20. The lowest BCUT2D eigenvalue weighted by atomic mass is 9.79. The predicted molar refractivity (Wildman–Crippen MR) is 140 cm³/mol. The van der Waals surface area contributed by atoms with Crippen molar-refractivity contribution in [3.63, 3.8) is 0 Å². The number of fused-ring (bicyclic) bond motifs is 1. The predicted octanol–water partition coefficient (Wildman–Crippen LogP) is 5.04. The Morgan fingerprint density at radius 3 is 2.65 bits per heavy atom. The molecule has 0 spiro atoms. The molecule has 8 heteroatoms. The topological polar surface area (TPSA) is 86.5 Å². The molecular formula is C29H33F2N3O3.